The van der Waals surface area contributed by atoms with Crippen molar-refractivity contribution in [1.29, 1.82) is 0 Å². The first-order valence-corrected chi connectivity index (χ1v) is 8.91. The zero-order chi connectivity index (χ0) is 17.5. The third-order valence-electron chi connectivity index (χ3n) is 4.55. The molecule has 6 nitrogen and oxygen atoms in total. The Balaban J connectivity index is 1.43. The van der Waals surface area contributed by atoms with Gasteiger partial charge in [0.05, 0.1) is 6.54 Å². The van der Waals surface area contributed by atoms with Crippen LogP contribution >= 0.6 is 0 Å². The van der Waals surface area contributed by atoms with E-state index in [-0.39, 0.29) is 12.1 Å². The maximum absolute atomic E-state index is 11.8. The Labute approximate surface area is 148 Å². The maximum Gasteiger partial charge on any atom is 0.321 e. The number of hydrogen-bond donors (Lipinski definition) is 3. The Kier molecular flexibility index (Phi) is 5.78. The zero-order valence-corrected chi connectivity index (χ0v) is 14.3. The summed E-state index contributed by atoms with van der Waals surface area (Å²) < 4.78 is 0. The van der Waals surface area contributed by atoms with Gasteiger partial charge in [-0.2, -0.15) is 0 Å². The smallest absolute Gasteiger partial charge is 0.321 e. The van der Waals surface area contributed by atoms with Gasteiger partial charge >= 0.3 is 12.1 Å². The first-order valence-electron chi connectivity index (χ1n) is 8.91. The largest absolute Gasteiger partial charge is 0.336 e. The summed E-state index contributed by atoms with van der Waals surface area (Å²) in [5.41, 5.74) is 1.73. The fourth-order valence-corrected chi connectivity index (χ4v) is 3.20. The molecule has 0 bridgehead atoms. The van der Waals surface area contributed by atoms with Gasteiger partial charge in [-0.25, -0.2) is 9.59 Å². The van der Waals surface area contributed by atoms with Crippen LogP contribution in [-0.4, -0.2) is 37.7 Å². The van der Waals surface area contributed by atoms with E-state index in [1.165, 1.54) is 19.3 Å². The van der Waals surface area contributed by atoms with Gasteiger partial charge < -0.3 is 16.0 Å². The highest BCUT2D eigenvalue weighted by Gasteiger charge is 2.20. The molecule has 4 amide bonds. The lowest BCUT2D eigenvalue weighted by molar-refractivity contribution is 0.234. The molecule has 2 aliphatic rings. The summed E-state index contributed by atoms with van der Waals surface area (Å²) in [5.74, 6) is 5.97. The zero-order valence-electron chi connectivity index (χ0n) is 14.3. The lowest BCUT2D eigenvalue weighted by atomic mass is 9.96. The van der Waals surface area contributed by atoms with Crippen LogP contribution in [0.1, 0.15) is 37.7 Å². The van der Waals surface area contributed by atoms with E-state index in [1.54, 1.807) is 4.90 Å². The summed E-state index contributed by atoms with van der Waals surface area (Å²) in [7, 11) is 0. The third kappa shape index (κ3) is 4.90. The summed E-state index contributed by atoms with van der Waals surface area (Å²) >= 11 is 0. The SMILES string of the molecule is O=C(NCC#Cc1ccc(N2CCNC2=O)cc1)NC1CCCCC1. The summed E-state index contributed by atoms with van der Waals surface area (Å²) in [5, 5.41) is 8.55. The third-order valence-corrected chi connectivity index (χ3v) is 4.55. The Morgan fingerprint density at radius 1 is 1.20 bits per heavy atom. The van der Waals surface area contributed by atoms with E-state index in [0.717, 1.165) is 24.1 Å². The first-order chi connectivity index (χ1) is 12.2. The van der Waals surface area contributed by atoms with Crippen molar-refractivity contribution < 1.29 is 9.59 Å². The molecule has 1 aliphatic heterocycles. The molecule has 3 rings (SSSR count). The Hall–Kier alpha value is -2.68. The van der Waals surface area contributed by atoms with Gasteiger partial charge in [-0.1, -0.05) is 31.1 Å². The van der Waals surface area contributed by atoms with Gasteiger partial charge in [0.25, 0.3) is 0 Å². The molecule has 25 heavy (non-hydrogen) atoms. The summed E-state index contributed by atoms with van der Waals surface area (Å²) in [6.45, 7) is 1.67. The fraction of sp³-hybridized carbons (Fsp3) is 0.474. The highest BCUT2D eigenvalue weighted by Crippen LogP contribution is 2.17. The number of amides is 4. The molecule has 3 N–H and O–H groups in total. The standard InChI is InChI=1S/C19H24N4O2/c24-18(22-16-6-2-1-3-7-16)20-12-4-5-15-8-10-17(11-9-15)23-14-13-21-19(23)25/h8-11,16H,1-3,6-7,12-14H2,(H,21,25)(H2,20,22,24). The molecule has 0 radical (unpaired) electrons. The van der Waals surface area contributed by atoms with Crippen molar-refractivity contribution in [2.45, 2.75) is 38.1 Å². The van der Waals surface area contributed by atoms with E-state index in [0.29, 0.717) is 25.7 Å². The number of nitrogens with zero attached hydrogens (tertiary/aromatic N) is 1. The molecule has 1 saturated carbocycles. The molecular formula is C19H24N4O2. The second-order valence-corrected chi connectivity index (χ2v) is 6.39. The van der Waals surface area contributed by atoms with Crippen LogP contribution in [0.2, 0.25) is 0 Å². The Morgan fingerprint density at radius 3 is 2.64 bits per heavy atom. The summed E-state index contributed by atoms with van der Waals surface area (Å²) in [6.07, 6.45) is 5.80. The number of rotatable bonds is 3. The van der Waals surface area contributed by atoms with Crippen LogP contribution in [-0.2, 0) is 0 Å². The van der Waals surface area contributed by atoms with E-state index >= 15 is 0 Å². The Bertz CT molecular complexity index is 669. The van der Waals surface area contributed by atoms with Crippen LogP contribution in [0.15, 0.2) is 24.3 Å². The van der Waals surface area contributed by atoms with Crippen LogP contribution in [0.4, 0.5) is 15.3 Å². The number of carbonyl (C=O) groups excluding carboxylic acids is 2. The molecule has 0 spiro atoms. The lowest BCUT2D eigenvalue weighted by Gasteiger charge is -2.22. The van der Waals surface area contributed by atoms with Crippen LogP contribution in [0.3, 0.4) is 0 Å². The van der Waals surface area contributed by atoms with Crippen molar-refractivity contribution in [2.75, 3.05) is 24.5 Å². The van der Waals surface area contributed by atoms with Crippen molar-refractivity contribution in [1.82, 2.24) is 16.0 Å². The maximum atomic E-state index is 11.8. The topological polar surface area (TPSA) is 73.5 Å². The lowest BCUT2D eigenvalue weighted by Crippen LogP contribution is -2.42. The second kappa shape index (κ2) is 8.43. The van der Waals surface area contributed by atoms with Crippen molar-refractivity contribution in [3.63, 3.8) is 0 Å². The molecule has 1 aliphatic carbocycles. The predicted octanol–water partition coefficient (Wildman–Crippen LogP) is 2.20. The normalized spacial score (nSPS) is 17.4. The number of anilines is 1. The number of carbonyl (C=O) groups is 2. The average molecular weight is 340 g/mol. The van der Waals surface area contributed by atoms with Crippen LogP contribution in [0.5, 0.6) is 0 Å². The fourth-order valence-electron chi connectivity index (χ4n) is 3.20. The van der Waals surface area contributed by atoms with Gasteiger partial charge in [0.1, 0.15) is 0 Å². The van der Waals surface area contributed by atoms with Gasteiger partial charge in [-0.05, 0) is 37.1 Å². The first kappa shape index (κ1) is 17.2. The summed E-state index contributed by atoms with van der Waals surface area (Å²) in [4.78, 5) is 25.1. The summed E-state index contributed by atoms with van der Waals surface area (Å²) in [6, 6.07) is 7.64. The van der Waals surface area contributed by atoms with E-state index in [2.05, 4.69) is 27.8 Å². The van der Waals surface area contributed by atoms with Crippen molar-refractivity contribution in [2.24, 2.45) is 0 Å². The van der Waals surface area contributed by atoms with Crippen molar-refractivity contribution in [3.05, 3.63) is 29.8 Å². The van der Waals surface area contributed by atoms with Gasteiger partial charge in [-0.3, -0.25) is 4.90 Å². The van der Waals surface area contributed by atoms with Crippen LogP contribution in [0.25, 0.3) is 0 Å². The van der Waals surface area contributed by atoms with Gasteiger partial charge in [0.2, 0.25) is 0 Å². The van der Waals surface area contributed by atoms with E-state index < -0.39 is 0 Å². The minimum Gasteiger partial charge on any atom is -0.336 e. The quantitative estimate of drug-likeness (QED) is 0.738. The van der Waals surface area contributed by atoms with Crippen LogP contribution in [0, 0.1) is 11.8 Å². The van der Waals surface area contributed by atoms with Crippen molar-refractivity contribution in [3.8, 4) is 11.8 Å². The average Bonchev–Trinajstić information content (AvgIpc) is 3.06. The molecule has 132 valence electrons. The molecule has 0 atom stereocenters. The number of hydrogen-bond acceptors (Lipinski definition) is 2. The van der Waals surface area contributed by atoms with Crippen LogP contribution < -0.4 is 20.9 Å². The molecule has 0 unspecified atom stereocenters. The van der Waals surface area contributed by atoms with Gasteiger partial charge in [0.15, 0.2) is 0 Å². The highest BCUT2D eigenvalue weighted by molar-refractivity contribution is 5.94. The van der Waals surface area contributed by atoms with E-state index in [1.807, 2.05) is 24.3 Å². The highest BCUT2D eigenvalue weighted by atomic mass is 16.2. The van der Waals surface area contributed by atoms with E-state index in [9.17, 15) is 9.59 Å². The molecule has 0 aromatic heterocycles. The molecular weight excluding hydrogens is 316 g/mol. The number of nitrogens with one attached hydrogen (secondary N) is 3. The molecule has 1 aromatic carbocycles. The second-order valence-electron chi connectivity index (χ2n) is 6.39. The molecule has 6 heteroatoms. The number of benzene rings is 1. The van der Waals surface area contributed by atoms with Crippen molar-refractivity contribution >= 4 is 17.7 Å². The van der Waals surface area contributed by atoms with Gasteiger partial charge in [0, 0.05) is 30.4 Å². The molecule has 1 heterocycles. The molecule has 2 fully saturated rings. The number of urea groups is 2. The molecule has 1 saturated heterocycles. The Morgan fingerprint density at radius 2 is 1.96 bits per heavy atom. The van der Waals surface area contributed by atoms with E-state index in [4.69, 9.17) is 0 Å². The van der Waals surface area contributed by atoms with Gasteiger partial charge in [-0.15, -0.1) is 0 Å². The molecule has 1 aromatic rings. The monoisotopic (exact) mass is 340 g/mol. The predicted molar refractivity (Wildman–Crippen MR) is 97.5 cm³/mol. The minimum atomic E-state index is -0.142. The minimum absolute atomic E-state index is 0.0630.